The van der Waals surface area contributed by atoms with Crippen LogP contribution in [0.15, 0.2) is 12.2 Å². The van der Waals surface area contributed by atoms with Gasteiger partial charge in [0.2, 0.25) is 0 Å². The summed E-state index contributed by atoms with van der Waals surface area (Å²) in [5, 5.41) is 0. The van der Waals surface area contributed by atoms with E-state index in [2.05, 4.69) is 13.5 Å². The van der Waals surface area contributed by atoms with E-state index in [1.165, 1.54) is 0 Å². The third-order valence-corrected chi connectivity index (χ3v) is 4.02. The highest BCUT2D eigenvalue weighted by Crippen LogP contribution is 2.34. The lowest BCUT2D eigenvalue weighted by Crippen LogP contribution is -2.21. The molecule has 2 nitrogen and oxygen atoms in total. The van der Waals surface area contributed by atoms with Gasteiger partial charge in [0.25, 0.3) is 0 Å². The summed E-state index contributed by atoms with van der Waals surface area (Å²) in [6, 6.07) is 0. The molecule has 0 unspecified atom stereocenters. The molecule has 1 rings (SSSR count). The number of carbonyl (C=O) groups excluding carboxylic acids is 2. The van der Waals surface area contributed by atoms with Crippen molar-refractivity contribution in [3.05, 3.63) is 12.2 Å². The highest BCUT2D eigenvalue weighted by atomic mass is 16.1. The summed E-state index contributed by atoms with van der Waals surface area (Å²) in [7, 11) is 0. The third-order valence-electron chi connectivity index (χ3n) is 4.02. The van der Waals surface area contributed by atoms with Crippen molar-refractivity contribution >= 4 is 11.6 Å². The average Bonchev–Trinajstić information content (AvgIpc) is 2.36. The van der Waals surface area contributed by atoms with E-state index in [4.69, 9.17) is 0 Å². The van der Waals surface area contributed by atoms with Gasteiger partial charge in [0, 0.05) is 18.8 Å². The standard InChI is InChI=1S/C15H24O2/c1-10(2)13-7-5-11(3)14(15(17)9-13)8-6-12(4)16/h11,13-14H,1,5-9H2,2-4H3/t11-,13-,14+/m0/s1. The van der Waals surface area contributed by atoms with Crippen LogP contribution in [-0.4, -0.2) is 11.6 Å². The first-order valence-electron chi connectivity index (χ1n) is 6.59. The van der Waals surface area contributed by atoms with Gasteiger partial charge in [0.15, 0.2) is 0 Å². The molecule has 0 aliphatic heterocycles. The quantitative estimate of drug-likeness (QED) is 0.552. The van der Waals surface area contributed by atoms with E-state index >= 15 is 0 Å². The van der Waals surface area contributed by atoms with E-state index in [1.807, 2.05) is 6.92 Å². The number of hydrogen-bond donors (Lipinski definition) is 0. The molecule has 0 radical (unpaired) electrons. The van der Waals surface area contributed by atoms with Gasteiger partial charge in [-0.3, -0.25) is 4.79 Å². The normalized spacial score (nSPS) is 29.8. The zero-order chi connectivity index (χ0) is 13.0. The van der Waals surface area contributed by atoms with Crippen LogP contribution in [0.2, 0.25) is 0 Å². The first-order chi connectivity index (χ1) is 7.91. The Balaban J connectivity index is 2.67. The molecule has 0 aromatic heterocycles. The molecular weight excluding hydrogens is 212 g/mol. The molecule has 0 aromatic carbocycles. The minimum Gasteiger partial charge on any atom is -0.300 e. The van der Waals surface area contributed by atoms with Crippen LogP contribution < -0.4 is 0 Å². The lowest BCUT2D eigenvalue weighted by Gasteiger charge is -2.19. The van der Waals surface area contributed by atoms with Crippen LogP contribution in [0.4, 0.5) is 0 Å². The Labute approximate surface area is 104 Å². The topological polar surface area (TPSA) is 34.1 Å². The van der Waals surface area contributed by atoms with E-state index in [0.717, 1.165) is 24.8 Å². The first kappa shape index (κ1) is 14.1. The summed E-state index contributed by atoms with van der Waals surface area (Å²) < 4.78 is 0. The average molecular weight is 236 g/mol. The van der Waals surface area contributed by atoms with Gasteiger partial charge < -0.3 is 4.79 Å². The molecule has 3 atom stereocenters. The molecule has 0 saturated heterocycles. The Morgan fingerprint density at radius 3 is 2.53 bits per heavy atom. The fourth-order valence-electron chi connectivity index (χ4n) is 2.70. The molecule has 0 amide bonds. The smallest absolute Gasteiger partial charge is 0.136 e. The van der Waals surface area contributed by atoms with E-state index < -0.39 is 0 Å². The van der Waals surface area contributed by atoms with Crippen molar-refractivity contribution in [3.8, 4) is 0 Å². The zero-order valence-electron chi connectivity index (χ0n) is 11.3. The number of rotatable bonds is 4. The van der Waals surface area contributed by atoms with Crippen LogP contribution >= 0.6 is 0 Å². The molecule has 0 bridgehead atoms. The Hall–Kier alpha value is -0.920. The number of carbonyl (C=O) groups is 2. The van der Waals surface area contributed by atoms with E-state index in [0.29, 0.717) is 30.5 Å². The van der Waals surface area contributed by atoms with Crippen LogP contribution in [0, 0.1) is 17.8 Å². The number of allylic oxidation sites excluding steroid dienone is 1. The highest BCUT2D eigenvalue weighted by Gasteiger charge is 2.31. The minimum atomic E-state index is 0.0863. The molecule has 1 fully saturated rings. The SMILES string of the molecule is C=C(C)[C@H]1CC[C@H](C)[C@@H](CCC(C)=O)C(=O)C1. The zero-order valence-corrected chi connectivity index (χ0v) is 11.3. The maximum absolute atomic E-state index is 12.2. The number of Topliss-reactive ketones (excluding diaryl/α,β-unsaturated/α-hetero) is 2. The Morgan fingerprint density at radius 2 is 2.00 bits per heavy atom. The van der Waals surface area contributed by atoms with Gasteiger partial charge in [-0.1, -0.05) is 19.1 Å². The van der Waals surface area contributed by atoms with E-state index in [-0.39, 0.29) is 11.7 Å². The van der Waals surface area contributed by atoms with Gasteiger partial charge in [-0.25, -0.2) is 0 Å². The first-order valence-corrected chi connectivity index (χ1v) is 6.59. The molecule has 0 spiro atoms. The van der Waals surface area contributed by atoms with Crippen LogP contribution in [0.1, 0.15) is 52.9 Å². The molecule has 1 saturated carbocycles. The van der Waals surface area contributed by atoms with Gasteiger partial charge >= 0.3 is 0 Å². The summed E-state index contributed by atoms with van der Waals surface area (Å²) in [6.07, 6.45) is 4.05. The highest BCUT2D eigenvalue weighted by molar-refractivity contribution is 5.83. The lowest BCUT2D eigenvalue weighted by atomic mass is 9.84. The van der Waals surface area contributed by atoms with Crippen molar-refractivity contribution in [1.29, 1.82) is 0 Å². The monoisotopic (exact) mass is 236 g/mol. The molecule has 0 heterocycles. The van der Waals surface area contributed by atoms with E-state index in [1.54, 1.807) is 6.92 Å². The predicted octanol–water partition coefficient (Wildman–Crippen LogP) is 3.55. The molecule has 0 N–H and O–H groups in total. The summed E-state index contributed by atoms with van der Waals surface area (Å²) in [6.45, 7) is 9.73. The largest absolute Gasteiger partial charge is 0.300 e. The maximum Gasteiger partial charge on any atom is 0.136 e. The van der Waals surface area contributed by atoms with Crippen molar-refractivity contribution in [1.82, 2.24) is 0 Å². The van der Waals surface area contributed by atoms with Crippen LogP contribution in [0.25, 0.3) is 0 Å². The molecular formula is C15H24O2. The number of ketones is 2. The second-order valence-electron chi connectivity index (χ2n) is 5.62. The second kappa shape index (κ2) is 6.13. The molecule has 1 aliphatic carbocycles. The Bertz CT molecular complexity index is 317. The molecule has 0 aromatic rings. The molecule has 96 valence electrons. The van der Waals surface area contributed by atoms with Crippen LogP contribution in [0.5, 0.6) is 0 Å². The lowest BCUT2D eigenvalue weighted by molar-refractivity contribution is -0.125. The van der Waals surface area contributed by atoms with Gasteiger partial charge in [0.1, 0.15) is 11.6 Å². The Kier molecular flexibility index (Phi) is 5.10. The van der Waals surface area contributed by atoms with Crippen LogP contribution in [0.3, 0.4) is 0 Å². The summed E-state index contributed by atoms with van der Waals surface area (Å²) in [5.41, 5.74) is 1.12. The molecule has 17 heavy (non-hydrogen) atoms. The second-order valence-corrected chi connectivity index (χ2v) is 5.62. The molecule has 1 aliphatic rings. The minimum absolute atomic E-state index is 0.0863. The Morgan fingerprint density at radius 1 is 1.35 bits per heavy atom. The number of hydrogen-bond acceptors (Lipinski definition) is 2. The van der Waals surface area contributed by atoms with Gasteiger partial charge in [0.05, 0.1) is 0 Å². The predicted molar refractivity (Wildman–Crippen MR) is 69.7 cm³/mol. The van der Waals surface area contributed by atoms with Gasteiger partial charge in [-0.05, 0) is 44.9 Å². The van der Waals surface area contributed by atoms with Crippen molar-refractivity contribution < 1.29 is 9.59 Å². The van der Waals surface area contributed by atoms with Gasteiger partial charge in [-0.15, -0.1) is 0 Å². The fraction of sp³-hybridized carbons (Fsp3) is 0.733. The summed E-state index contributed by atoms with van der Waals surface area (Å²) in [5.74, 6) is 1.37. The third kappa shape index (κ3) is 4.10. The van der Waals surface area contributed by atoms with Crippen molar-refractivity contribution in [2.24, 2.45) is 17.8 Å². The fourth-order valence-corrected chi connectivity index (χ4v) is 2.70. The van der Waals surface area contributed by atoms with Gasteiger partial charge in [-0.2, -0.15) is 0 Å². The van der Waals surface area contributed by atoms with E-state index in [9.17, 15) is 9.59 Å². The summed E-state index contributed by atoms with van der Waals surface area (Å²) in [4.78, 5) is 23.2. The van der Waals surface area contributed by atoms with Crippen molar-refractivity contribution in [3.63, 3.8) is 0 Å². The van der Waals surface area contributed by atoms with Crippen molar-refractivity contribution in [2.75, 3.05) is 0 Å². The van der Waals surface area contributed by atoms with Crippen molar-refractivity contribution in [2.45, 2.75) is 52.9 Å². The van der Waals surface area contributed by atoms with Crippen LogP contribution in [-0.2, 0) is 9.59 Å². The molecule has 2 heteroatoms. The maximum atomic E-state index is 12.2. The summed E-state index contributed by atoms with van der Waals surface area (Å²) >= 11 is 0.